The third kappa shape index (κ3) is 1.26. The molecule has 1 heterocycles. The first-order valence-corrected chi connectivity index (χ1v) is 4.42. The standard InChI is InChI=1S/C9H13N3/c1-2-6-5-11-9(10)12-8(6)7-3-4-7/h5,7H,2-4H2,1H3,(H2,10,11,12). The number of nitrogen functional groups attached to an aromatic ring is 1. The molecule has 1 fully saturated rings. The van der Waals surface area contributed by atoms with Gasteiger partial charge >= 0.3 is 0 Å². The van der Waals surface area contributed by atoms with Crippen LogP contribution in [-0.4, -0.2) is 9.97 Å². The van der Waals surface area contributed by atoms with Crippen LogP contribution in [0.25, 0.3) is 0 Å². The Balaban J connectivity index is 2.39. The minimum atomic E-state index is 0.411. The van der Waals surface area contributed by atoms with Crippen molar-refractivity contribution < 1.29 is 0 Å². The topological polar surface area (TPSA) is 51.8 Å². The molecule has 2 N–H and O–H groups in total. The first-order chi connectivity index (χ1) is 5.81. The second-order valence-electron chi connectivity index (χ2n) is 3.27. The molecule has 1 aromatic rings. The van der Waals surface area contributed by atoms with Crippen LogP contribution in [0.2, 0.25) is 0 Å². The van der Waals surface area contributed by atoms with E-state index in [2.05, 4.69) is 16.9 Å². The summed E-state index contributed by atoms with van der Waals surface area (Å²) in [5.41, 5.74) is 7.97. The summed E-state index contributed by atoms with van der Waals surface area (Å²) in [6.07, 6.45) is 5.40. The van der Waals surface area contributed by atoms with Crippen LogP contribution in [0.4, 0.5) is 5.95 Å². The van der Waals surface area contributed by atoms with E-state index >= 15 is 0 Å². The van der Waals surface area contributed by atoms with Crippen LogP contribution in [-0.2, 0) is 6.42 Å². The highest BCUT2D eigenvalue weighted by Crippen LogP contribution is 2.40. The number of aromatic nitrogens is 2. The normalized spacial score (nSPS) is 16.4. The number of anilines is 1. The molecule has 0 spiro atoms. The zero-order valence-electron chi connectivity index (χ0n) is 7.25. The van der Waals surface area contributed by atoms with Crippen LogP contribution < -0.4 is 5.73 Å². The van der Waals surface area contributed by atoms with Gasteiger partial charge in [0.2, 0.25) is 5.95 Å². The van der Waals surface area contributed by atoms with Crippen LogP contribution in [0.1, 0.15) is 36.9 Å². The van der Waals surface area contributed by atoms with E-state index in [1.165, 1.54) is 24.1 Å². The number of nitrogens with two attached hydrogens (primary N) is 1. The molecule has 1 aliphatic carbocycles. The Morgan fingerprint density at radius 3 is 2.92 bits per heavy atom. The van der Waals surface area contributed by atoms with Crippen LogP contribution in [0.5, 0.6) is 0 Å². The Kier molecular flexibility index (Phi) is 1.71. The van der Waals surface area contributed by atoms with Crippen molar-refractivity contribution in [2.45, 2.75) is 32.1 Å². The lowest BCUT2D eigenvalue weighted by molar-refractivity contribution is 0.929. The smallest absolute Gasteiger partial charge is 0.220 e. The quantitative estimate of drug-likeness (QED) is 0.718. The first kappa shape index (κ1) is 7.53. The van der Waals surface area contributed by atoms with Crippen molar-refractivity contribution in [1.82, 2.24) is 9.97 Å². The average molecular weight is 163 g/mol. The van der Waals surface area contributed by atoms with E-state index in [9.17, 15) is 0 Å². The summed E-state index contributed by atoms with van der Waals surface area (Å²) < 4.78 is 0. The van der Waals surface area contributed by atoms with Crippen LogP contribution >= 0.6 is 0 Å². The molecule has 12 heavy (non-hydrogen) atoms. The summed E-state index contributed by atoms with van der Waals surface area (Å²) in [6.45, 7) is 2.13. The molecule has 1 aliphatic rings. The molecule has 1 saturated carbocycles. The van der Waals surface area contributed by atoms with Crippen molar-refractivity contribution >= 4 is 5.95 Å². The van der Waals surface area contributed by atoms with Crippen molar-refractivity contribution in [1.29, 1.82) is 0 Å². The molecule has 0 bridgehead atoms. The molecule has 0 saturated heterocycles. The molecular formula is C9H13N3. The van der Waals surface area contributed by atoms with Gasteiger partial charge in [-0.2, -0.15) is 0 Å². The Labute approximate surface area is 72.0 Å². The lowest BCUT2D eigenvalue weighted by Crippen LogP contribution is -2.01. The minimum absolute atomic E-state index is 0.411. The summed E-state index contributed by atoms with van der Waals surface area (Å²) in [4.78, 5) is 8.26. The van der Waals surface area contributed by atoms with E-state index in [1.807, 2.05) is 6.20 Å². The predicted molar refractivity (Wildman–Crippen MR) is 47.8 cm³/mol. The molecule has 3 heteroatoms. The van der Waals surface area contributed by atoms with Crippen molar-refractivity contribution in [3.05, 3.63) is 17.5 Å². The minimum Gasteiger partial charge on any atom is -0.368 e. The molecule has 1 aromatic heterocycles. The highest BCUT2D eigenvalue weighted by molar-refractivity contribution is 5.30. The van der Waals surface area contributed by atoms with E-state index in [0.29, 0.717) is 11.9 Å². The maximum Gasteiger partial charge on any atom is 0.220 e. The summed E-state index contributed by atoms with van der Waals surface area (Å²) in [7, 11) is 0. The van der Waals surface area contributed by atoms with Crippen LogP contribution in [0.15, 0.2) is 6.20 Å². The van der Waals surface area contributed by atoms with Crippen molar-refractivity contribution in [3.8, 4) is 0 Å². The Morgan fingerprint density at radius 2 is 2.33 bits per heavy atom. The van der Waals surface area contributed by atoms with Gasteiger partial charge in [0.15, 0.2) is 0 Å². The van der Waals surface area contributed by atoms with Gasteiger partial charge in [0.1, 0.15) is 0 Å². The molecular weight excluding hydrogens is 150 g/mol. The van der Waals surface area contributed by atoms with Gasteiger partial charge in [-0.25, -0.2) is 9.97 Å². The fourth-order valence-electron chi connectivity index (χ4n) is 1.42. The van der Waals surface area contributed by atoms with Gasteiger partial charge in [-0.3, -0.25) is 0 Å². The highest BCUT2D eigenvalue weighted by Gasteiger charge is 2.27. The second kappa shape index (κ2) is 2.73. The Bertz CT molecular complexity index is 292. The van der Waals surface area contributed by atoms with Crippen molar-refractivity contribution in [2.24, 2.45) is 0 Å². The van der Waals surface area contributed by atoms with Gasteiger partial charge in [-0.05, 0) is 24.8 Å². The van der Waals surface area contributed by atoms with Gasteiger partial charge in [0, 0.05) is 12.1 Å². The number of nitrogens with zero attached hydrogens (tertiary/aromatic N) is 2. The zero-order valence-corrected chi connectivity index (χ0v) is 7.25. The van der Waals surface area contributed by atoms with Gasteiger partial charge in [-0.15, -0.1) is 0 Å². The average Bonchev–Trinajstić information content (AvgIpc) is 2.87. The van der Waals surface area contributed by atoms with E-state index in [0.717, 1.165) is 6.42 Å². The molecule has 2 rings (SSSR count). The fraction of sp³-hybridized carbons (Fsp3) is 0.556. The lowest BCUT2D eigenvalue weighted by Gasteiger charge is -2.04. The molecule has 0 amide bonds. The van der Waals surface area contributed by atoms with Crippen molar-refractivity contribution in [3.63, 3.8) is 0 Å². The maximum absolute atomic E-state index is 5.53. The lowest BCUT2D eigenvalue weighted by atomic mass is 10.1. The summed E-state index contributed by atoms with van der Waals surface area (Å²) in [6, 6.07) is 0. The largest absolute Gasteiger partial charge is 0.368 e. The second-order valence-corrected chi connectivity index (χ2v) is 3.27. The number of rotatable bonds is 2. The SMILES string of the molecule is CCc1cnc(N)nc1C1CC1. The summed E-state index contributed by atoms with van der Waals surface area (Å²) in [5, 5.41) is 0. The molecule has 3 nitrogen and oxygen atoms in total. The Hall–Kier alpha value is -1.12. The van der Waals surface area contributed by atoms with E-state index < -0.39 is 0 Å². The maximum atomic E-state index is 5.53. The number of aryl methyl sites for hydroxylation is 1. The predicted octanol–water partition coefficient (Wildman–Crippen LogP) is 1.50. The summed E-state index contributed by atoms with van der Waals surface area (Å²) >= 11 is 0. The molecule has 0 radical (unpaired) electrons. The van der Waals surface area contributed by atoms with Crippen molar-refractivity contribution in [2.75, 3.05) is 5.73 Å². The van der Waals surface area contributed by atoms with E-state index in [-0.39, 0.29) is 0 Å². The monoisotopic (exact) mass is 163 g/mol. The van der Waals surface area contributed by atoms with E-state index in [4.69, 9.17) is 5.73 Å². The fourth-order valence-corrected chi connectivity index (χ4v) is 1.42. The Morgan fingerprint density at radius 1 is 1.58 bits per heavy atom. The molecule has 0 aromatic carbocycles. The molecule has 64 valence electrons. The zero-order chi connectivity index (χ0) is 8.55. The molecule has 0 aliphatic heterocycles. The van der Waals surface area contributed by atoms with Gasteiger partial charge < -0.3 is 5.73 Å². The molecule has 0 atom stereocenters. The third-order valence-electron chi connectivity index (χ3n) is 2.26. The molecule has 0 unspecified atom stereocenters. The van der Waals surface area contributed by atoms with E-state index in [1.54, 1.807) is 0 Å². The summed E-state index contributed by atoms with van der Waals surface area (Å²) in [5.74, 6) is 1.08. The third-order valence-corrected chi connectivity index (χ3v) is 2.26. The number of hydrogen-bond donors (Lipinski definition) is 1. The van der Waals surface area contributed by atoms with Crippen LogP contribution in [0.3, 0.4) is 0 Å². The van der Waals surface area contributed by atoms with Gasteiger partial charge in [0.05, 0.1) is 5.69 Å². The van der Waals surface area contributed by atoms with Gasteiger partial charge in [0.25, 0.3) is 0 Å². The first-order valence-electron chi connectivity index (χ1n) is 4.42. The van der Waals surface area contributed by atoms with Gasteiger partial charge in [-0.1, -0.05) is 6.92 Å². The highest BCUT2D eigenvalue weighted by atomic mass is 15.0. The number of hydrogen-bond acceptors (Lipinski definition) is 3. The van der Waals surface area contributed by atoms with Crippen LogP contribution in [0, 0.1) is 0 Å².